The van der Waals surface area contributed by atoms with Crippen molar-refractivity contribution in [1.29, 1.82) is 0 Å². The molecule has 0 spiro atoms. The first-order chi connectivity index (χ1) is 9.09. The fourth-order valence-electron chi connectivity index (χ4n) is 0.947. The Kier molecular flexibility index (Phi) is 6.98. The number of aromatic nitrogens is 1. The number of carbonyl (C=O) groups is 2. The first kappa shape index (κ1) is 18.2. The molecule has 0 saturated carbocycles. The minimum absolute atomic E-state index is 0.105. The molecule has 1 aromatic heterocycles. The number of nitrogens with one attached hydrogen (secondary N) is 1. The molecule has 112 valence electrons. The third kappa shape index (κ3) is 6.37. The molecule has 5 nitrogen and oxygen atoms in total. The Morgan fingerprint density at radius 2 is 1.95 bits per heavy atom. The van der Waals surface area contributed by atoms with E-state index in [1.165, 1.54) is 0 Å². The van der Waals surface area contributed by atoms with Crippen LogP contribution in [0.1, 0.15) is 28.4 Å². The lowest BCUT2D eigenvalue weighted by Gasteiger charge is -2.04. The van der Waals surface area contributed by atoms with Crippen LogP contribution in [0.25, 0.3) is 0 Å². The summed E-state index contributed by atoms with van der Waals surface area (Å²) in [5.74, 6) is -2.95. The van der Waals surface area contributed by atoms with E-state index in [4.69, 9.17) is 21.5 Å². The molecule has 0 aliphatic heterocycles. The molecule has 0 saturated heterocycles. The minimum Gasteiger partial charge on any atom is -0.475 e. The summed E-state index contributed by atoms with van der Waals surface area (Å²) in [5.41, 5.74) is 1.29. The van der Waals surface area contributed by atoms with E-state index in [-0.39, 0.29) is 11.3 Å². The Hall–Kier alpha value is -1.83. The van der Waals surface area contributed by atoms with Crippen LogP contribution < -0.4 is 5.32 Å². The molecule has 1 atom stereocenters. The number of carboxylic acid groups (broad SMARTS) is 1. The molecular formula is C11H12ClF3N2O3. The van der Waals surface area contributed by atoms with Crippen molar-refractivity contribution in [1.82, 2.24) is 10.3 Å². The van der Waals surface area contributed by atoms with Crippen LogP contribution in [0.3, 0.4) is 0 Å². The number of aliphatic carboxylic acids is 1. The topological polar surface area (TPSA) is 79.3 Å². The Morgan fingerprint density at radius 1 is 1.45 bits per heavy atom. The van der Waals surface area contributed by atoms with Crippen molar-refractivity contribution >= 4 is 23.5 Å². The minimum atomic E-state index is -5.08. The first-order valence-electron chi connectivity index (χ1n) is 5.21. The summed E-state index contributed by atoms with van der Waals surface area (Å²) in [6.45, 7) is 1.85. The van der Waals surface area contributed by atoms with Gasteiger partial charge in [-0.05, 0) is 24.6 Å². The van der Waals surface area contributed by atoms with Crippen LogP contribution in [-0.2, 0) is 4.79 Å². The number of carbonyl (C=O) groups excluding carboxylic acids is 1. The van der Waals surface area contributed by atoms with Crippen LogP contribution in [0.5, 0.6) is 0 Å². The predicted octanol–water partition coefficient (Wildman–Crippen LogP) is 2.37. The molecule has 0 radical (unpaired) electrons. The van der Waals surface area contributed by atoms with Crippen molar-refractivity contribution in [3.8, 4) is 0 Å². The average molecular weight is 313 g/mol. The lowest BCUT2D eigenvalue weighted by molar-refractivity contribution is -0.192. The fourth-order valence-corrected chi connectivity index (χ4v) is 1.08. The number of alkyl halides is 4. The third-order valence-electron chi connectivity index (χ3n) is 1.95. The van der Waals surface area contributed by atoms with E-state index >= 15 is 0 Å². The molecule has 1 rings (SSSR count). The van der Waals surface area contributed by atoms with E-state index in [1.807, 2.05) is 6.92 Å². The number of hydrogen-bond acceptors (Lipinski definition) is 3. The Balaban J connectivity index is 0.000000441. The summed E-state index contributed by atoms with van der Waals surface area (Å²) in [5, 5.41) is 9.52. The molecule has 0 aromatic carbocycles. The van der Waals surface area contributed by atoms with Gasteiger partial charge in [-0.2, -0.15) is 13.2 Å². The van der Waals surface area contributed by atoms with Gasteiger partial charge < -0.3 is 10.4 Å². The molecule has 9 heteroatoms. The Labute approximate surface area is 117 Å². The number of rotatable bonds is 2. The summed E-state index contributed by atoms with van der Waals surface area (Å²) in [4.78, 5) is 24.0. The Bertz CT molecular complexity index is 478. The van der Waals surface area contributed by atoms with Gasteiger partial charge in [-0.25, -0.2) is 4.79 Å². The van der Waals surface area contributed by atoms with Crippen molar-refractivity contribution in [2.24, 2.45) is 0 Å². The number of nitrogens with zero attached hydrogens (tertiary/aromatic N) is 1. The first-order valence-corrected chi connectivity index (χ1v) is 5.65. The van der Waals surface area contributed by atoms with Crippen molar-refractivity contribution in [3.05, 3.63) is 29.6 Å². The number of halogens is 4. The molecule has 0 fully saturated rings. The normalized spacial score (nSPS) is 11.9. The van der Waals surface area contributed by atoms with Crippen molar-refractivity contribution in [2.45, 2.75) is 18.5 Å². The number of carboxylic acids is 1. The lowest BCUT2D eigenvalue weighted by atomic mass is 10.2. The number of amides is 1. The lowest BCUT2D eigenvalue weighted by Crippen LogP contribution is -2.21. The van der Waals surface area contributed by atoms with Crippen molar-refractivity contribution in [3.63, 3.8) is 0 Å². The highest BCUT2D eigenvalue weighted by molar-refractivity contribution is 6.20. The molecule has 1 heterocycles. The van der Waals surface area contributed by atoms with E-state index < -0.39 is 12.1 Å². The molecule has 20 heavy (non-hydrogen) atoms. The molecule has 2 N–H and O–H groups in total. The van der Waals surface area contributed by atoms with E-state index in [1.54, 1.807) is 25.4 Å². The number of pyridine rings is 1. The fraction of sp³-hybridized carbons (Fsp3) is 0.364. The zero-order chi connectivity index (χ0) is 15.9. The zero-order valence-corrected chi connectivity index (χ0v) is 11.3. The summed E-state index contributed by atoms with van der Waals surface area (Å²) >= 11 is 5.86. The Morgan fingerprint density at radius 3 is 2.30 bits per heavy atom. The van der Waals surface area contributed by atoms with Crippen LogP contribution in [-0.4, -0.2) is 35.2 Å². The molecule has 1 amide bonds. The highest BCUT2D eigenvalue weighted by Gasteiger charge is 2.38. The van der Waals surface area contributed by atoms with E-state index in [2.05, 4.69) is 10.3 Å². The van der Waals surface area contributed by atoms with Crippen molar-refractivity contribution < 1.29 is 27.9 Å². The van der Waals surface area contributed by atoms with E-state index in [0.717, 1.165) is 5.56 Å². The van der Waals surface area contributed by atoms with Crippen molar-refractivity contribution in [2.75, 3.05) is 7.05 Å². The van der Waals surface area contributed by atoms with Gasteiger partial charge >= 0.3 is 12.1 Å². The molecule has 0 aliphatic carbocycles. The van der Waals surface area contributed by atoms with Gasteiger partial charge in [-0.1, -0.05) is 0 Å². The van der Waals surface area contributed by atoms with Gasteiger partial charge in [0, 0.05) is 13.2 Å². The SMILES string of the molecule is CNC(=O)c1cc(C(C)Cl)ccn1.O=C(O)C(F)(F)F. The molecule has 0 bridgehead atoms. The summed E-state index contributed by atoms with van der Waals surface area (Å²) in [7, 11) is 1.57. The van der Waals surface area contributed by atoms with Crippen LogP contribution in [0.4, 0.5) is 13.2 Å². The summed E-state index contributed by atoms with van der Waals surface area (Å²) < 4.78 is 31.7. The molecule has 1 unspecified atom stereocenters. The average Bonchev–Trinajstić information content (AvgIpc) is 2.37. The van der Waals surface area contributed by atoms with Crippen LogP contribution >= 0.6 is 11.6 Å². The van der Waals surface area contributed by atoms with Gasteiger partial charge in [0.25, 0.3) is 5.91 Å². The summed E-state index contributed by atoms with van der Waals surface area (Å²) in [6.07, 6.45) is -3.50. The number of hydrogen-bond donors (Lipinski definition) is 2. The maximum absolute atomic E-state index is 11.2. The van der Waals surface area contributed by atoms with Crippen LogP contribution in [0.15, 0.2) is 18.3 Å². The van der Waals surface area contributed by atoms with Gasteiger partial charge in [0.05, 0.1) is 5.38 Å². The highest BCUT2D eigenvalue weighted by atomic mass is 35.5. The standard InChI is InChI=1S/C9H11ClN2O.C2HF3O2/c1-6(10)7-3-4-12-8(5-7)9(13)11-2;3-2(4,5)1(6)7/h3-6H,1-2H3,(H,11,13);(H,6,7). The van der Waals surface area contributed by atoms with Gasteiger partial charge in [-0.15, -0.1) is 11.6 Å². The van der Waals surface area contributed by atoms with E-state index in [9.17, 15) is 18.0 Å². The predicted molar refractivity (Wildman–Crippen MR) is 65.6 cm³/mol. The second-order valence-electron chi connectivity index (χ2n) is 3.47. The molecule has 1 aromatic rings. The van der Waals surface area contributed by atoms with Crippen LogP contribution in [0.2, 0.25) is 0 Å². The second-order valence-corrected chi connectivity index (χ2v) is 4.13. The van der Waals surface area contributed by atoms with Gasteiger partial charge in [0.1, 0.15) is 5.69 Å². The van der Waals surface area contributed by atoms with Crippen LogP contribution in [0, 0.1) is 0 Å². The second kappa shape index (κ2) is 7.68. The maximum Gasteiger partial charge on any atom is 0.490 e. The third-order valence-corrected chi connectivity index (χ3v) is 2.20. The monoisotopic (exact) mass is 312 g/mol. The smallest absolute Gasteiger partial charge is 0.475 e. The molecular weight excluding hydrogens is 301 g/mol. The van der Waals surface area contributed by atoms with Gasteiger partial charge in [0.2, 0.25) is 0 Å². The van der Waals surface area contributed by atoms with Gasteiger partial charge in [-0.3, -0.25) is 9.78 Å². The molecule has 0 aliphatic rings. The maximum atomic E-state index is 11.2. The quantitative estimate of drug-likeness (QED) is 0.822. The van der Waals surface area contributed by atoms with E-state index in [0.29, 0.717) is 5.69 Å². The highest BCUT2D eigenvalue weighted by Crippen LogP contribution is 2.18. The van der Waals surface area contributed by atoms with Gasteiger partial charge in [0.15, 0.2) is 0 Å². The summed E-state index contributed by atoms with van der Waals surface area (Å²) in [6, 6.07) is 3.49. The zero-order valence-electron chi connectivity index (χ0n) is 10.5. The largest absolute Gasteiger partial charge is 0.490 e.